The van der Waals surface area contributed by atoms with Crippen molar-refractivity contribution in [3.05, 3.63) is 35.1 Å². The molecule has 1 aliphatic carbocycles. The number of hydrogen-bond acceptors (Lipinski definition) is 3. The summed E-state index contributed by atoms with van der Waals surface area (Å²) >= 11 is 0. The number of benzene rings is 1. The highest BCUT2D eigenvalue weighted by molar-refractivity contribution is 5.89. The predicted molar refractivity (Wildman–Crippen MR) is 80.6 cm³/mol. The number of nitrogens with zero attached hydrogens (tertiary/aromatic N) is 1. The van der Waals surface area contributed by atoms with E-state index >= 15 is 0 Å². The Kier molecular flexibility index (Phi) is 5.34. The molecule has 2 unspecified atom stereocenters. The molecule has 1 aromatic carbocycles. The van der Waals surface area contributed by atoms with Gasteiger partial charge in [0.15, 0.2) is 0 Å². The molecular weight excluding hydrogens is 269 g/mol. The fraction of sp³-hybridized carbons (Fsp3) is 0.588. The molecule has 0 radical (unpaired) electrons. The molecule has 21 heavy (non-hydrogen) atoms. The SMILES string of the molecule is COC(=O)c1ccc(CN(C)C2CCCC(C)C2)cc1F. The van der Waals surface area contributed by atoms with E-state index in [9.17, 15) is 9.18 Å². The zero-order chi connectivity index (χ0) is 15.4. The van der Waals surface area contributed by atoms with Crippen LogP contribution in [0.5, 0.6) is 0 Å². The van der Waals surface area contributed by atoms with Gasteiger partial charge in [0, 0.05) is 12.6 Å². The zero-order valence-corrected chi connectivity index (χ0v) is 13.1. The second-order valence-electron chi connectivity index (χ2n) is 6.15. The van der Waals surface area contributed by atoms with Crippen LogP contribution < -0.4 is 0 Å². The second kappa shape index (κ2) is 7.03. The van der Waals surface area contributed by atoms with Crippen molar-refractivity contribution in [2.24, 2.45) is 5.92 Å². The standard InChI is InChI=1S/C17H24FNO2/c1-12-5-4-6-14(9-12)19(2)11-13-7-8-15(16(18)10-13)17(20)21-3/h7-8,10,12,14H,4-6,9,11H2,1-3H3. The van der Waals surface area contributed by atoms with Crippen molar-refractivity contribution >= 4 is 5.97 Å². The van der Waals surface area contributed by atoms with E-state index in [1.54, 1.807) is 6.07 Å². The lowest BCUT2D eigenvalue weighted by Crippen LogP contribution is -2.35. The number of rotatable bonds is 4. The summed E-state index contributed by atoms with van der Waals surface area (Å²) in [7, 11) is 3.35. The number of carbonyl (C=O) groups is 1. The maximum atomic E-state index is 13.9. The maximum absolute atomic E-state index is 13.9. The van der Waals surface area contributed by atoms with E-state index in [4.69, 9.17) is 0 Å². The summed E-state index contributed by atoms with van der Waals surface area (Å²) in [5.74, 6) is -0.372. The Bertz CT molecular complexity index is 504. The molecule has 1 saturated carbocycles. The Hall–Kier alpha value is -1.42. The van der Waals surface area contributed by atoms with Gasteiger partial charge in [0.25, 0.3) is 0 Å². The summed E-state index contributed by atoms with van der Waals surface area (Å²) in [5, 5.41) is 0. The molecule has 1 aromatic rings. The minimum absolute atomic E-state index is 0.00445. The molecule has 0 aromatic heterocycles. The van der Waals surface area contributed by atoms with E-state index in [2.05, 4.69) is 23.6 Å². The van der Waals surface area contributed by atoms with Gasteiger partial charge in [-0.05, 0) is 43.5 Å². The Morgan fingerprint density at radius 3 is 2.81 bits per heavy atom. The van der Waals surface area contributed by atoms with Crippen molar-refractivity contribution in [1.29, 1.82) is 0 Å². The van der Waals surface area contributed by atoms with Gasteiger partial charge in [0.05, 0.1) is 12.7 Å². The topological polar surface area (TPSA) is 29.5 Å². The van der Waals surface area contributed by atoms with Crippen molar-refractivity contribution in [2.45, 2.75) is 45.2 Å². The van der Waals surface area contributed by atoms with Gasteiger partial charge in [-0.3, -0.25) is 4.90 Å². The van der Waals surface area contributed by atoms with Crippen LogP contribution in [0.2, 0.25) is 0 Å². The zero-order valence-electron chi connectivity index (χ0n) is 13.1. The maximum Gasteiger partial charge on any atom is 0.340 e. The third kappa shape index (κ3) is 4.03. The van der Waals surface area contributed by atoms with E-state index in [0.29, 0.717) is 12.6 Å². The Labute approximate surface area is 126 Å². The molecule has 0 aliphatic heterocycles. The van der Waals surface area contributed by atoms with Crippen LogP contribution in [0, 0.1) is 11.7 Å². The summed E-state index contributed by atoms with van der Waals surface area (Å²) < 4.78 is 18.5. The minimum atomic E-state index is -0.631. The summed E-state index contributed by atoms with van der Waals surface area (Å²) in [6.45, 7) is 3.00. The minimum Gasteiger partial charge on any atom is -0.465 e. The molecule has 0 heterocycles. The number of halogens is 1. The molecule has 0 spiro atoms. The lowest BCUT2D eigenvalue weighted by Gasteiger charge is -2.34. The van der Waals surface area contributed by atoms with E-state index in [-0.39, 0.29) is 5.56 Å². The first-order valence-electron chi connectivity index (χ1n) is 7.58. The van der Waals surface area contributed by atoms with Crippen molar-refractivity contribution in [1.82, 2.24) is 4.90 Å². The van der Waals surface area contributed by atoms with Crippen LogP contribution in [-0.4, -0.2) is 31.1 Å². The van der Waals surface area contributed by atoms with E-state index in [1.807, 2.05) is 0 Å². The first-order chi connectivity index (χ1) is 10.0. The van der Waals surface area contributed by atoms with E-state index < -0.39 is 11.8 Å². The second-order valence-corrected chi connectivity index (χ2v) is 6.15. The molecule has 116 valence electrons. The summed E-state index contributed by atoms with van der Waals surface area (Å²) in [6, 6.07) is 5.32. The summed E-state index contributed by atoms with van der Waals surface area (Å²) in [5.41, 5.74) is 0.885. The van der Waals surface area contributed by atoms with Crippen molar-refractivity contribution in [2.75, 3.05) is 14.2 Å². The fourth-order valence-electron chi connectivity index (χ4n) is 3.15. The monoisotopic (exact) mass is 293 g/mol. The smallest absolute Gasteiger partial charge is 0.340 e. The molecule has 2 atom stereocenters. The fourth-order valence-corrected chi connectivity index (χ4v) is 3.15. The quantitative estimate of drug-likeness (QED) is 0.794. The molecule has 0 bridgehead atoms. The molecule has 4 heteroatoms. The number of ether oxygens (including phenoxy) is 1. The molecular formula is C17H24FNO2. The van der Waals surface area contributed by atoms with Gasteiger partial charge in [0.2, 0.25) is 0 Å². The normalized spacial score (nSPS) is 22.3. The van der Waals surface area contributed by atoms with E-state index in [1.165, 1.54) is 44.9 Å². The van der Waals surface area contributed by atoms with Gasteiger partial charge in [-0.25, -0.2) is 9.18 Å². The van der Waals surface area contributed by atoms with Crippen LogP contribution in [-0.2, 0) is 11.3 Å². The predicted octanol–water partition coefficient (Wildman–Crippen LogP) is 3.62. The van der Waals surface area contributed by atoms with Crippen LogP contribution in [0.1, 0.15) is 48.5 Å². The molecule has 1 aliphatic rings. The highest BCUT2D eigenvalue weighted by Crippen LogP contribution is 2.27. The number of esters is 1. The van der Waals surface area contributed by atoms with Gasteiger partial charge in [-0.15, -0.1) is 0 Å². The molecule has 0 saturated heterocycles. The van der Waals surface area contributed by atoms with Crippen molar-refractivity contribution in [3.8, 4) is 0 Å². The van der Waals surface area contributed by atoms with E-state index in [0.717, 1.165) is 11.5 Å². The highest BCUT2D eigenvalue weighted by Gasteiger charge is 2.22. The van der Waals surface area contributed by atoms with Gasteiger partial charge >= 0.3 is 5.97 Å². The highest BCUT2D eigenvalue weighted by atomic mass is 19.1. The lowest BCUT2D eigenvalue weighted by atomic mass is 9.86. The third-order valence-corrected chi connectivity index (χ3v) is 4.40. The van der Waals surface area contributed by atoms with Crippen molar-refractivity contribution < 1.29 is 13.9 Å². The van der Waals surface area contributed by atoms with Gasteiger partial charge in [0.1, 0.15) is 5.82 Å². The molecule has 2 rings (SSSR count). The van der Waals surface area contributed by atoms with Gasteiger partial charge in [-0.1, -0.05) is 25.8 Å². The largest absolute Gasteiger partial charge is 0.465 e. The first-order valence-corrected chi connectivity index (χ1v) is 7.58. The molecule has 0 N–H and O–H groups in total. The molecule has 3 nitrogen and oxygen atoms in total. The first kappa shape index (κ1) is 16.0. The average Bonchev–Trinajstić information content (AvgIpc) is 2.46. The van der Waals surface area contributed by atoms with Crippen LogP contribution in [0.15, 0.2) is 18.2 Å². The van der Waals surface area contributed by atoms with Crippen LogP contribution in [0.25, 0.3) is 0 Å². The molecule has 1 fully saturated rings. The van der Waals surface area contributed by atoms with Crippen LogP contribution in [0.3, 0.4) is 0 Å². The average molecular weight is 293 g/mol. The summed E-state index contributed by atoms with van der Waals surface area (Å²) in [4.78, 5) is 13.7. The Morgan fingerprint density at radius 2 is 2.19 bits per heavy atom. The summed E-state index contributed by atoms with van der Waals surface area (Å²) in [6.07, 6.45) is 5.00. The van der Waals surface area contributed by atoms with Crippen LogP contribution >= 0.6 is 0 Å². The number of hydrogen-bond donors (Lipinski definition) is 0. The molecule has 0 amide bonds. The Balaban J connectivity index is 2.02. The lowest BCUT2D eigenvalue weighted by molar-refractivity contribution is 0.0595. The van der Waals surface area contributed by atoms with Crippen molar-refractivity contribution in [3.63, 3.8) is 0 Å². The van der Waals surface area contributed by atoms with Crippen LogP contribution in [0.4, 0.5) is 4.39 Å². The van der Waals surface area contributed by atoms with Gasteiger partial charge in [-0.2, -0.15) is 0 Å². The van der Waals surface area contributed by atoms with Gasteiger partial charge < -0.3 is 4.74 Å². The third-order valence-electron chi connectivity index (χ3n) is 4.40. The number of carbonyl (C=O) groups excluding carboxylic acids is 1. The number of methoxy groups -OCH3 is 1. The Morgan fingerprint density at radius 1 is 1.43 bits per heavy atom.